The lowest BCUT2D eigenvalue weighted by Gasteiger charge is -2.12. The van der Waals surface area contributed by atoms with Crippen molar-refractivity contribution in [1.29, 1.82) is 0 Å². The summed E-state index contributed by atoms with van der Waals surface area (Å²) in [5.41, 5.74) is 2.34. The quantitative estimate of drug-likeness (QED) is 0.772. The molecule has 0 bridgehead atoms. The fourth-order valence-electron chi connectivity index (χ4n) is 2.09. The number of benzene rings is 1. The number of carbonyl (C=O) groups is 1. The number of nitrogens with zero attached hydrogens (tertiary/aromatic N) is 1. The Morgan fingerprint density at radius 3 is 2.76 bits per heavy atom. The number of aromatic nitrogens is 2. The molecule has 4 nitrogen and oxygen atoms in total. The number of aromatic amines is 1. The van der Waals surface area contributed by atoms with Crippen molar-refractivity contribution in [2.45, 2.75) is 13.0 Å². The van der Waals surface area contributed by atoms with Crippen LogP contribution in [0.1, 0.15) is 29.0 Å². The van der Waals surface area contributed by atoms with Crippen LogP contribution < -0.4 is 5.32 Å². The second-order valence-electron chi connectivity index (χ2n) is 4.75. The number of H-pyrrole nitrogens is 1. The Hall–Kier alpha value is -2.40. The lowest BCUT2D eigenvalue weighted by molar-refractivity contribution is 0.0935. The summed E-state index contributed by atoms with van der Waals surface area (Å²) < 4.78 is 0. The normalized spacial score (nSPS) is 12.0. The second-order valence-corrected chi connectivity index (χ2v) is 5.70. The van der Waals surface area contributed by atoms with E-state index < -0.39 is 0 Å². The van der Waals surface area contributed by atoms with Gasteiger partial charge in [0.2, 0.25) is 0 Å². The van der Waals surface area contributed by atoms with Crippen molar-refractivity contribution in [3.63, 3.8) is 0 Å². The summed E-state index contributed by atoms with van der Waals surface area (Å²) in [4.78, 5) is 13.3. The Bertz CT molecular complexity index is 719. The van der Waals surface area contributed by atoms with Crippen LogP contribution >= 0.6 is 11.3 Å². The van der Waals surface area contributed by atoms with Gasteiger partial charge >= 0.3 is 0 Å². The highest BCUT2D eigenvalue weighted by Crippen LogP contribution is 2.23. The van der Waals surface area contributed by atoms with Crippen LogP contribution in [-0.4, -0.2) is 16.1 Å². The first-order valence-electron chi connectivity index (χ1n) is 6.69. The molecular formula is C16H15N3OS. The van der Waals surface area contributed by atoms with Crippen LogP contribution in [0.5, 0.6) is 0 Å². The number of rotatable bonds is 4. The molecule has 0 saturated carbocycles. The van der Waals surface area contributed by atoms with Crippen molar-refractivity contribution in [3.8, 4) is 10.6 Å². The highest BCUT2D eigenvalue weighted by molar-refractivity contribution is 7.13. The van der Waals surface area contributed by atoms with Gasteiger partial charge in [-0.15, -0.1) is 11.3 Å². The van der Waals surface area contributed by atoms with E-state index in [4.69, 9.17) is 0 Å². The maximum Gasteiger partial charge on any atom is 0.272 e. The van der Waals surface area contributed by atoms with Crippen LogP contribution in [0, 0.1) is 0 Å². The zero-order valence-electron chi connectivity index (χ0n) is 11.5. The van der Waals surface area contributed by atoms with Crippen molar-refractivity contribution < 1.29 is 4.79 Å². The molecule has 0 aliphatic heterocycles. The fourth-order valence-corrected chi connectivity index (χ4v) is 2.78. The zero-order valence-corrected chi connectivity index (χ0v) is 12.4. The van der Waals surface area contributed by atoms with Gasteiger partial charge in [0, 0.05) is 0 Å². The number of carbonyl (C=O) groups excluding carboxylic acids is 1. The first-order valence-corrected chi connectivity index (χ1v) is 7.57. The molecule has 0 unspecified atom stereocenters. The van der Waals surface area contributed by atoms with Gasteiger partial charge in [-0.2, -0.15) is 5.10 Å². The van der Waals surface area contributed by atoms with Crippen molar-refractivity contribution in [3.05, 3.63) is 65.2 Å². The third-order valence-corrected chi connectivity index (χ3v) is 4.15. The van der Waals surface area contributed by atoms with Gasteiger partial charge < -0.3 is 5.32 Å². The Labute approximate surface area is 126 Å². The van der Waals surface area contributed by atoms with Gasteiger partial charge in [-0.05, 0) is 30.0 Å². The van der Waals surface area contributed by atoms with E-state index in [1.807, 2.05) is 54.8 Å². The molecular weight excluding hydrogens is 282 g/mol. The summed E-state index contributed by atoms with van der Waals surface area (Å²) in [6.45, 7) is 1.96. The van der Waals surface area contributed by atoms with Crippen molar-refractivity contribution >= 4 is 17.2 Å². The predicted octanol–water partition coefficient (Wildman–Crippen LogP) is 3.63. The Balaban J connectivity index is 1.71. The topological polar surface area (TPSA) is 57.8 Å². The lowest BCUT2D eigenvalue weighted by atomic mass is 10.1. The monoisotopic (exact) mass is 297 g/mol. The van der Waals surface area contributed by atoms with E-state index in [2.05, 4.69) is 15.5 Å². The average molecular weight is 297 g/mol. The fraction of sp³-hybridized carbons (Fsp3) is 0.125. The molecule has 0 radical (unpaired) electrons. The largest absolute Gasteiger partial charge is 0.344 e. The zero-order chi connectivity index (χ0) is 14.7. The standard InChI is InChI=1S/C16H15N3OS/c1-11(12-6-3-2-4-7-12)17-16(20)14-10-13(18-19-14)15-8-5-9-21-15/h2-11H,1H3,(H,17,20)(H,18,19)/t11-/m1/s1. The van der Waals surface area contributed by atoms with Crippen LogP contribution in [0.4, 0.5) is 0 Å². The molecule has 2 heterocycles. The first kappa shape index (κ1) is 13.6. The number of thiophene rings is 1. The van der Waals surface area contributed by atoms with E-state index in [-0.39, 0.29) is 11.9 Å². The molecule has 3 aromatic rings. The molecule has 106 valence electrons. The van der Waals surface area contributed by atoms with Gasteiger partial charge in [-0.1, -0.05) is 36.4 Å². The molecule has 0 aliphatic carbocycles. The highest BCUT2D eigenvalue weighted by atomic mass is 32.1. The van der Waals surface area contributed by atoms with E-state index in [1.54, 1.807) is 17.4 Å². The van der Waals surface area contributed by atoms with Crippen LogP contribution in [0.25, 0.3) is 10.6 Å². The number of hydrogen-bond donors (Lipinski definition) is 2. The van der Waals surface area contributed by atoms with Gasteiger partial charge in [-0.3, -0.25) is 9.89 Å². The van der Waals surface area contributed by atoms with Crippen molar-refractivity contribution in [1.82, 2.24) is 15.5 Å². The second kappa shape index (κ2) is 5.93. The Morgan fingerprint density at radius 1 is 1.24 bits per heavy atom. The number of hydrogen-bond acceptors (Lipinski definition) is 3. The SMILES string of the molecule is C[C@@H](NC(=O)c1cc(-c2cccs2)[nH]n1)c1ccccc1. The summed E-state index contributed by atoms with van der Waals surface area (Å²) in [5, 5.41) is 11.9. The predicted molar refractivity (Wildman–Crippen MR) is 84.2 cm³/mol. The number of nitrogens with one attached hydrogen (secondary N) is 2. The third-order valence-electron chi connectivity index (χ3n) is 3.24. The first-order chi connectivity index (χ1) is 10.2. The molecule has 5 heteroatoms. The van der Waals surface area contributed by atoms with Gasteiger partial charge in [0.15, 0.2) is 5.69 Å². The van der Waals surface area contributed by atoms with E-state index in [1.165, 1.54) is 0 Å². The summed E-state index contributed by atoms with van der Waals surface area (Å²) in [6.07, 6.45) is 0. The maximum atomic E-state index is 12.2. The smallest absolute Gasteiger partial charge is 0.272 e. The molecule has 21 heavy (non-hydrogen) atoms. The summed E-state index contributed by atoms with van der Waals surface area (Å²) >= 11 is 1.61. The molecule has 0 aliphatic rings. The van der Waals surface area contributed by atoms with Gasteiger partial charge in [0.1, 0.15) is 0 Å². The molecule has 1 atom stereocenters. The Kier molecular flexibility index (Phi) is 3.83. The number of amides is 1. The van der Waals surface area contributed by atoms with Crippen molar-refractivity contribution in [2.24, 2.45) is 0 Å². The van der Waals surface area contributed by atoms with E-state index in [0.717, 1.165) is 16.1 Å². The average Bonchev–Trinajstić information content (AvgIpc) is 3.19. The summed E-state index contributed by atoms with van der Waals surface area (Å²) in [7, 11) is 0. The van der Waals surface area contributed by atoms with Crippen LogP contribution in [0.2, 0.25) is 0 Å². The molecule has 2 N–H and O–H groups in total. The Morgan fingerprint density at radius 2 is 2.05 bits per heavy atom. The van der Waals surface area contributed by atoms with Crippen LogP contribution in [-0.2, 0) is 0 Å². The van der Waals surface area contributed by atoms with E-state index in [9.17, 15) is 4.79 Å². The molecule has 2 aromatic heterocycles. The highest BCUT2D eigenvalue weighted by Gasteiger charge is 2.15. The molecule has 3 rings (SSSR count). The minimum atomic E-state index is -0.176. The molecule has 0 fully saturated rings. The van der Waals surface area contributed by atoms with Gasteiger partial charge in [0.25, 0.3) is 5.91 Å². The van der Waals surface area contributed by atoms with E-state index in [0.29, 0.717) is 5.69 Å². The van der Waals surface area contributed by atoms with Crippen LogP contribution in [0.3, 0.4) is 0 Å². The summed E-state index contributed by atoms with van der Waals surface area (Å²) in [6, 6.07) is 15.5. The van der Waals surface area contributed by atoms with E-state index >= 15 is 0 Å². The maximum absolute atomic E-state index is 12.2. The van der Waals surface area contributed by atoms with Gasteiger partial charge in [-0.25, -0.2) is 0 Å². The van der Waals surface area contributed by atoms with Crippen molar-refractivity contribution in [2.75, 3.05) is 0 Å². The molecule has 0 spiro atoms. The summed E-state index contributed by atoms with van der Waals surface area (Å²) in [5.74, 6) is -0.176. The molecule has 1 amide bonds. The third kappa shape index (κ3) is 3.03. The van der Waals surface area contributed by atoms with Gasteiger partial charge in [0.05, 0.1) is 16.6 Å². The lowest BCUT2D eigenvalue weighted by Crippen LogP contribution is -2.26. The molecule has 0 saturated heterocycles. The minimum Gasteiger partial charge on any atom is -0.344 e. The minimum absolute atomic E-state index is 0.0550. The van der Waals surface area contributed by atoms with Crippen LogP contribution in [0.15, 0.2) is 53.9 Å². The molecule has 1 aromatic carbocycles.